The Bertz CT molecular complexity index is 1690. The first-order chi connectivity index (χ1) is 23.2. The van der Waals surface area contributed by atoms with Gasteiger partial charge in [-0.05, 0) is 84.7 Å². The quantitative estimate of drug-likeness (QED) is 0.225. The molecule has 0 spiro atoms. The van der Waals surface area contributed by atoms with Crippen molar-refractivity contribution in [1.29, 1.82) is 0 Å². The summed E-state index contributed by atoms with van der Waals surface area (Å²) in [6.45, 7) is 12.0. The van der Waals surface area contributed by atoms with Gasteiger partial charge in [0.05, 0.1) is 12.1 Å². The molecule has 2 aliphatic heterocycles. The number of ketones is 1. The van der Waals surface area contributed by atoms with Crippen LogP contribution in [0.15, 0.2) is 24.8 Å². The average Bonchev–Trinajstić information content (AvgIpc) is 3.56. The van der Waals surface area contributed by atoms with E-state index in [2.05, 4.69) is 97.4 Å². The van der Waals surface area contributed by atoms with E-state index in [1.54, 1.807) is 12.4 Å². The minimum atomic E-state index is -0.0608. The molecule has 8 rings (SSSR count). The third-order valence-electron chi connectivity index (χ3n) is 11.6. The van der Waals surface area contributed by atoms with Gasteiger partial charge in [0.2, 0.25) is 0 Å². The summed E-state index contributed by atoms with van der Waals surface area (Å²) < 4.78 is 6.07. The summed E-state index contributed by atoms with van der Waals surface area (Å²) in [5, 5.41) is 1.02. The average molecular weight is 917 g/mol. The molecule has 256 valence electrons. The van der Waals surface area contributed by atoms with E-state index >= 15 is 0 Å². The zero-order chi connectivity index (χ0) is 33.3. The highest BCUT2D eigenvalue weighted by molar-refractivity contribution is 14.1. The van der Waals surface area contributed by atoms with Crippen LogP contribution in [0.5, 0.6) is 0 Å². The van der Waals surface area contributed by atoms with Crippen LogP contribution < -0.4 is 0 Å². The van der Waals surface area contributed by atoms with E-state index < -0.39 is 0 Å². The molecule has 4 aromatic rings. The standard InChI is InChI=1S/C33H40Cl2I2N10O/c1-19(42-7-11-44(12-8-42)23-15-21(16-23)32-40-30(36)25-28(34)38-3-5-46(25)32)27(48)20(2)43-9-13-45(14-10-43)24-17-22(18-24)33-41-31(37)26-29(35)39-4-6-47(26)33/h3-6,19-24H,7-18H2,1-2H3. The molecule has 11 nitrogen and oxygen atoms in total. The van der Waals surface area contributed by atoms with Crippen LogP contribution in [0.25, 0.3) is 11.0 Å². The van der Waals surface area contributed by atoms with E-state index in [0.29, 0.717) is 40.0 Å². The SMILES string of the molecule is CC(C(=O)C(C)N1CCN(C2CC(c3nc(I)c4c(Cl)nccn34)C2)CC1)N1CCN(C2CC(c3nc(I)c4c(Cl)nccn34)C2)CC1. The molecule has 0 radical (unpaired) electrons. The molecular formula is C33H40Cl2I2N10O. The largest absolute Gasteiger partial charge is 0.298 e. The summed E-state index contributed by atoms with van der Waals surface area (Å²) in [5.41, 5.74) is 1.82. The Balaban J connectivity index is 0.782. The Morgan fingerprint density at radius 2 is 1.06 bits per heavy atom. The number of carbonyl (C=O) groups excluding carboxylic acids is 1. The Morgan fingerprint density at radius 3 is 1.44 bits per heavy atom. The molecule has 0 aromatic carbocycles. The van der Waals surface area contributed by atoms with Crippen molar-refractivity contribution in [2.24, 2.45) is 0 Å². The van der Waals surface area contributed by atoms with Crippen LogP contribution in [0, 0.1) is 7.40 Å². The van der Waals surface area contributed by atoms with Crippen LogP contribution in [-0.2, 0) is 4.79 Å². The topological polar surface area (TPSA) is 90.4 Å². The number of rotatable bonds is 8. The van der Waals surface area contributed by atoms with Crippen molar-refractivity contribution in [1.82, 2.24) is 48.3 Å². The number of nitrogens with zero attached hydrogens (tertiary/aromatic N) is 10. The first-order valence-electron chi connectivity index (χ1n) is 17.0. The molecule has 4 fully saturated rings. The number of piperazine rings is 2. The number of hydrogen-bond acceptors (Lipinski definition) is 9. The van der Waals surface area contributed by atoms with E-state index in [4.69, 9.17) is 33.2 Å². The molecular weight excluding hydrogens is 877 g/mol. The van der Waals surface area contributed by atoms with Crippen LogP contribution >= 0.6 is 68.4 Å². The second-order valence-corrected chi connectivity index (χ2v) is 16.7. The molecule has 6 heterocycles. The maximum atomic E-state index is 13.7. The predicted molar refractivity (Wildman–Crippen MR) is 203 cm³/mol. The van der Waals surface area contributed by atoms with Gasteiger partial charge in [-0.3, -0.25) is 33.2 Å². The summed E-state index contributed by atoms with van der Waals surface area (Å²) >= 11 is 17.2. The van der Waals surface area contributed by atoms with Crippen LogP contribution in [0.2, 0.25) is 10.3 Å². The normalized spacial score (nSPS) is 27.6. The van der Waals surface area contributed by atoms with Crippen LogP contribution in [0.1, 0.15) is 63.0 Å². The van der Waals surface area contributed by atoms with E-state index in [0.717, 1.165) is 108 Å². The fourth-order valence-corrected chi connectivity index (χ4v) is 10.7. The zero-order valence-electron chi connectivity index (χ0n) is 27.2. The highest BCUT2D eigenvalue weighted by Gasteiger charge is 2.41. The number of halogens is 4. The molecule has 2 saturated heterocycles. The van der Waals surface area contributed by atoms with Gasteiger partial charge in [-0.15, -0.1) is 0 Å². The molecule has 48 heavy (non-hydrogen) atoms. The molecule has 4 aromatic heterocycles. The third-order valence-corrected chi connectivity index (χ3v) is 13.7. The Kier molecular flexibility index (Phi) is 9.70. The van der Waals surface area contributed by atoms with E-state index in [-0.39, 0.29) is 12.1 Å². The van der Waals surface area contributed by atoms with Gasteiger partial charge in [0.25, 0.3) is 0 Å². The smallest absolute Gasteiger partial charge is 0.166 e. The Morgan fingerprint density at radius 1 is 0.688 bits per heavy atom. The van der Waals surface area contributed by atoms with Gasteiger partial charge in [-0.25, -0.2) is 19.9 Å². The van der Waals surface area contributed by atoms with Gasteiger partial charge in [-0.1, -0.05) is 23.2 Å². The summed E-state index contributed by atoms with van der Waals surface area (Å²) in [6, 6.07) is 1.03. The molecule has 2 saturated carbocycles. The number of imidazole rings is 2. The van der Waals surface area contributed by atoms with Crippen molar-refractivity contribution < 1.29 is 4.79 Å². The van der Waals surface area contributed by atoms with Gasteiger partial charge >= 0.3 is 0 Å². The lowest BCUT2D eigenvalue weighted by Crippen LogP contribution is -2.60. The minimum absolute atomic E-state index is 0.0608. The molecule has 0 N–H and O–H groups in total. The first kappa shape index (κ1) is 33.9. The fourth-order valence-electron chi connectivity index (χ4n) is 8.42. The third kappa shape index (κ3) is 6.09. The molecule has 0 bridgehead atoms. The fraction of sp³-hybridized carbons (Fsp3) is 0.606. The molecule has 2 atom stereocenters. The molecule has 2 aliphatic carbocycles. The lowest BCUT2D eigenvalue weighted by Gasteiger charge is -2.48. The monoisotopic (exact) mass is 916 g/mol. The highest BCUT2D eigenvalue weighted by Crippen LogP contribution is 2.42. The maximum absolute atomic E-state index is 13.7. The van der Waals surface area contributed by atoms with Gasteiger partial charge in [-0.2, -0.15) is 0 Å². The van der Waals surface area contributed by atoms with Gasteiger partial charge < -0.3 is 0 Å². The number of Topliss-reactive ketones (excluding diaryl/α,β-unsaturated/α-hetero) is 1. The summed E-state index contributed by atoms with van der Waals surface area (Å²) in [4.78, 5) is 41.9. The molecule has 0 amide bonds. The van der Waals surface area contributed by atoms with Gasteiger partial charge in [0.1, 0.15) is 30.1 Å². The van der Waals surface area contributed by atoms with E-state index in [1.807, 2.05) is 12.4 Å². The summed E-state index contributed by atoms with van der Waals surface area (Å²) in [6.07, 6.45) is 11.9. The summed E-state index contributed by atoms with van der Waals surface area (Å²) in [7, 11) is 0. The van der Waals surface area contributed by atoms with Crippen molar-refractivity contribution in [2.45, 2.75) is 75.5 Å². The minimum Gasteiger partial charge on any atom is -0.298 e. The second-order valence-electron chi connectivity index (χ2n) is 13.9. The van der Waals surface area contributed by atoms with E-state index in [9.17, 15) is 4.79 Å². The van der Waals surface area contributed by atoms with Crippen LogP contribution in [-0.4, -0.2) is 131 Å². The van der Waals surface area contributed by atoms with Crippen molar-refractivity contribution in [3.05, 3.63) is 54.1 Å². The number of fused-ring (bicyclic) bond motifs is 2. The molecule has 4 aliphatic rings. The number of aromatic nitrogens is 6. The van der Waals surface area contributed by atoms with Crippen molar-refractivity contribution in [3.8, 4) is 0 Å². The Hall–Kier alpha value is -1.21. The van der Waals surface area contributed by atoms with Crippen LogP contribution in [0.4, 0.5) is 0 Å². The lowest BCUT2D eigenvalue weighted by atomic mass is 9.78. The predicted octanol–water partition coefficient (Wildman–Crippen LogP) is 5.06. The van der Waals surface area contributed by atoms with Crippen molar-refractivity contribution in [3.63, 3.8) is 0 Å². The van der Waals surface area contributed by atoms with Crippen LogP contribution in [0.3, 0.4) is 0 Å². The zero-order valence-corrected chi connectivity index (χ0v) is 33.0. The van der Waals surface area contributed by atoms with Crippen molar-refractivity contribution in [2.75, 3.05) is 52.4 Å². The summed E-state index contributed by atoms with van der Waals surface area (Å²) in [5.74, 6) is 3.43. The Labute approximate surface area is 318 Å². The molecule has 2 unspecified atom stereocenters. The lowest BCUT2D eigenvalue weighted by molar-refractivity contribution is -0.130. The van der Waals surface area contributed by atoms with Gasteiger partial charge in [0, 0.05) is 101 Å². The molecule has 15 heteroatoms. The number of carbonyl (C=O) groups is 1. The van der Waals surface area contributed by atoms with E-state index in [1.165, 1.54) is 0 Å². The maximum Gasteiger partial charge on any atom is 0.166 e. The van der Waals surface area contributed by atoms with Crippen molar-refractivity contribution >= 4 is 85.2 Å². The second kappa shape index (κ2) is 13.7. The number of hydrogen-bond donors (Lipinski definition) is 0. The first-order valence-corrected chi connectivity index (χ1v) is 19.9. The highest BCUT2D eigenvalue weighted by atomic mass is 127. The van der Waals surface area contributed by atoms with Gasteiger partial charge in [0.15, 0.2) is 16.1 Å².